The maximum absolute atomic E-state index is 7.71. The Hall–Kier alpha value is -11.3. The number of hydrogen-bond acceptors (Lipinski definition) is 8. The average Bonchev–Trinajstić information content (AvgIpc) is 1.62. The van der Waals surface area contributed by atoms with Crippen LogP contribution in [-0.4, -0.2) is 76.7 Å². The van der Waals surface area contributed by atoms with Crippen molar-refractivity contribution in [3.63, 3.8) is 0 Å². The Morgan fingerprint density at radius 2 is 0.646 bits per heavy atom. The van der Waals surface area contributed by atoms with E-state index in [9.17, 15) is 0 Å². The topological polar surface area (TPSA) is 108 Å². The summed E-state index contributed by atoms with van der Waals surface area (Å²) in [5.74, 6) is 4.84. The predicted octanol–water partition coefficient (Wildman–Crippen LogP) is 30.4. The minimum absolute atomic E-state index is 0. The molecular weight excluding hydrogens is 2570 g/mol. The number of para-hydroxylation sites is 2. The van der Waals surface area contributed by atoms with E-state index in [1.165, 1.54) is 117 Å². The van der Waals surface area contributed by atoms with Crippen LogP contribution in [0.1, 0.15) is 95.3 Å². The average molecular weight is 2710 g/mol. The fraction of sp³-hybridized carbons (Fsp3) is 0.231. The van der Waals surface area contributed by atoms with Gasteiger partial charge < -0.3 is 44.4 Å². The van der Waals surface area contributed by atoms with Gasteiger partial charge in [0.15, 0.2) is 0 Å². The molecule has 9 aromatic heterocycles. The quantitative estimate of drug-likeness (QED) is 0.0582. The summed E-state index contributed by atoms with van der Waals surface area (Å²) in [5.41, 5.74) is 23.4. The minimum Gasteiger partial charge on any atom is -0.351 e. The number of nitrogens with zero attached hydrogens (tertiary/aromatic N) is 9. The number of rotatable bonds is 19. The summed E-state index contributed by atoms with van der Waals surface area (Å²) < 4.78 is 77.1. The molecule has 0 saturated heterocycles. The van der Waals surface area contributed by atoms with Crippen molar-refractivity contribution in [1.82, 2.24) is 44.4 Å². The van der Waals surface area contributed by atoms with Gasteiger partial charge in [-0.05, 0) is 213 Å². The van der Waals surface area contributed by atoms with Gasteiger partial charge in [0.2, 0.25) is 0 Å². The van der Waals surface area contributed by atoms with Gasteiger partial charge in [-0.15, -0.1) is 275 Å². The third-order valence-corrected chi connectivity index (χ3v) is 34.5. The molecule has 4 fully saturated rings. The van der Waals surface area contributed by atoms with Gasteiger partial charge in [-0.2, -0.15) is 0 Å². The second kappa shape index (κ2) is 56.3. The molecule has 0 atom stereocenters. The molecule has 0 unspecified atom stereocenters. The van der Waals surface area contributed by atoms with Crippen LogP contribution in [-0.2, 0) is 106 Å². The maximum atomic E-state index is 7.71. The summed E-state index contributed by atoms with van der Waals surface area (Å²) in [6.07, 6.45) is 28.4. The Balaban J connectivity index is 0.000000175. The van der Waals surface area contributed by atoms with Gasteiger partial charge in [0.05, 0.1) is 32.3 Å². The van der Waals surface area contributed by atoms with E-state index >= 15 is 0 Å². The Bertz CT molecular complexity index is 7540. The summed E-state index contributed by atoms with van der Waals surface area (Å²) in [4.78, 5) is 35.5. The van der Waals surface area contributed by atoms with Crippen molar-refractivity contribution in [2.24, 2.45) is 29.6 Å². The van der Waals surface area contributed by atoms with Crippen molar-refractivity contribution in [3.8, 4) is 95.7 Å². The molecule has 19 aromatic rings. The zero-order valence-corrected chi connectivity index (χ0v) is 100.0. The molecule has 4 radical (unpaired) electrons. The summed E-state index contributed by atoms with van der Waals surface area (Å²) in [5, 5.41) is 8.56. The molecule has 758 valence electrons. The first-order valence-corrected chi connectivity index (χ1v) is 63.9. The van der Waals surface area contributed by atoms with Gasteiger partial charge in [-0.25, -0.2) is 0 Å². The van der Waals surface area contributed by atoms with E-state index < -0.39 is 32.3 Å². The largest absolute Gasteiger partial charge is 0.351 e. The predicted molar refractivity (Wildman–Crippen MR) is 611 cm³/mol. The fourth-order valence-corrected chi connectivity index (χ4v) is 26.1. The van der Waals surface area contributed by atoms with E-state index in [0.717, 1.165) is 105 Å². The number of hydrogen-bond donors (Lipinski definition) is 0. The van der Waals surface area contributed by atoms with Gasteiger partial charge in [-0.1, -0.05) is 243 Å². The molecule has 4 saturated carbocycles. The van der Waals surface area contributed by atoms with Crippen LogP contribution in [0.25, 0.3) is 118 Å². The zero-order chi connectivity index (χ0) is 109. The van der Waals surface area contributed by atoms with Crippen LogP contribution >= 0.6 is 0 Å². The first-order chi connectivity index (χ1) is 73.4. The standard InChI is InChI=1S/C37H39N2Si.C17H22NSi.2C16H20NSi.4C11H8N.4Ir/c1-40(2,3)37-23-38-34(22-29(37)21-32-27-16-24-15-25(18-27)19-28(32)17-24)26-13-14-36-33(20-26)31-11-7-8-12-35(31)39(36)30-9-5-4-6-10-30;1-5-9-15-12-16(14-10-7-6-8-11-14)18-13-17(15)19(2,3)4;2*1-5-13-11-15(14-9-7-6-8-10-14)17-12-16(13)18(2,3)4;4*1-2-6-10(7-3-1)11-8-4-5-9-12-11;;;;/h4-12,14,20,22-25,27-28,32H,15-19,21H2,1-3H3;6-8,10,12-13H,5,9H2,1-4H3;2*6-9,11-12H,5H2,1-4H3;4*1-6,8-9H;;;;/q8*-1;;;;/i;;;;1D,2D,3D,6D;2*1D,2D,3D;;;;;. The van der Waals surface area contributed by atoms with Gasteiger partial charge in [-0.3, -0.25) is 0 Å². The van der Waals surface area contributed by atoms with Gasteiger partial charge in [0, 0.05) is 149 Å². The molecule has 0 spiro atoms. The Labute approximate surface area is 947 Å². The zero-order valence-electron chi connectivity index (χ0n) is 96.4. The van der Waals surface area contributed by atoms with Crippen LogP contribution in [0.5, 0.6) is 0 Å². The molecule has 0 aliphatic heterocycles. The second-order valence-corrected chi connectivity index (χ2v) is 60.8. The number of aryl methyl sites for hydroxylation is 3. The van der Waals surface area contributed by atoms with Crippen molar-refractivity contribution in [3.05, 3.63) is 454 Å². The van der Waals surface area contributed by atoms with E-state index in [4.69, 9.17) is 18.7 Å². The molecule has 4 aliphatic carbocycles. The first kappa shape index (κ1) is 102. The molecule has 17 heteroatoms. The third kappa shape index (κ3) is 32.1. The van der Waals surface area contributed by atoms with Crippen molar-refractivity contribution < 1.29 is 94.1 Å². The molecule has 23 rings (SSSR count). The Morgan fingerprint density at radius 3 is 1.03 bits per heavy atom. The van der Waals surface area contributed by atoms with Crippen LogP contribution in [0.4, 0.5) is 0 Å². The molecule has 9 heterocycles. The molecule has 0 N–H and O–H groups in total. The van der Waals surface area contributed by atoms with E-state index in [1.54, 1.807) is 78.0 Å². The number of pyridine rings is 8. The number of benzene rings is 10. The van der Waals surface area contributed by atoms with Crippen LogP contribution in [0.15, 0.2) is 383 Å². The molecule has 10 aromatic carbocycles. The Kier molecular flexibility index (Phi) is 38.9. The third-order valence-electron chi connectivity index (χ3n) is 26.2. The molecule has 4 bridgehead atoms. The van der Waals surface area contributed by atoms with E-state index in [1.807, 2.05) is 109 Å². The van der Waals surface area contributed by atoms with Gasteiger partial charge >= 0.3 is 0 Å². The van der Waals surface area contributed by atoms with Crippen LogP contribution in [0, 0.1) is 78.1 Å². The smallest absolute Gasteiger partial charge is 0.0798 e. The van der Waals surface area contributed by atoms with Crippen molar-refractivity contribution >= 4 is 74.8 Å². The Morgan fingerprint density at radius 1 is 0.299 bits per heavy atom. The molecule has 0 amide bonds. The van der Waals surface area contributed by atoms with E-state index in [-0.39, 0.29) is 141 Å². The molecule has 4 aliphatic rings. The summed E-state index contributed by atoms with van der Waals surface area (Å²) in [6, 6.07) is 114. The van der Waals surface area contributed by atoms with Crippen molar-refractivity contribution in [2.45, 2.75) is 164 Å². The molecular formula is C130H133Ir4N9Si4-8. The molecule has 9 nitrogen and oxygen atoms in total. The summed E-state index contributed by atoms with van der Waals surface area (Å²) >= 11 is 0. The monoisotopic (exact) mass is 2710 g/mol. The summed E-state index contributed by atoms with van der Waals surface area (Å²) in [6.45, 7) is 35.5. The van der Waals surface area contributed by atoms with Crippen LogP contribution in [0.2, 0.25) is 78.6 Å². The van der Waals surface area contributed by atoms with Gasteiger partial charge in [0.1, 0.15) is 0 Å². The van der Waals surface area contributed by atoms with Crippen LogP contribution in [0.3, 0.4) is 0 Å². The normalized spacial score (nSPS) is 15.4. The first-order valence-electron chi connectivity index (χ1n) is 54.9. The van der Waals surface area contributed by atoms with Crippen molar-refractivity contribution in [1.29, 1.82) is 0 Å². The van der Waals surface area contributed by atoms with E-state index in [0.29, 0.717) is 33.8 Å². The molecule has 147 heavy (non-hydrogen) atoms. The van der Waals surface area contributed by atoms with Crippen molar-refractivity contribution in [2.75, 3.05) is 0 Å². The summed E-state index contributed by atoms with van der Waals surface area (Å²) in [7, 11) is -5.42. The minimum atomic E-state index is -1.52. The maximum Gasteiger partial charge on any atom is 0.0798 e. The van der Waals surface area contributed by atoms with Crippen LogP contribution < -0.4 is 20.7 Å². The van der Waals surface area contributed by atoms with Gasteiger partial charge in [0.25, 0.3) is 0 Å². The second-order valence-electron chi connectivity index (χ2n) is 40.6. The SMILES string of the molecule is CCCc1cc(-c2[c-]cccc2)ncc1[Si](C)(C)C.CCc1cc(-c2[c-]cccc2)ncc1[Si](C)(C)C.CCc1cc(-c2[c-]cccc2)ncc1[Si](C)(C)C.C[Si](C)(C)c1cnc(-c2[c-]cc3c(c2)c2ccccc2n3-c2ccccc2)cc1CC1C2CC3CC(C2)CC1C3.[2H]c1[c-]c(-c2ccccn2)c([2H])c([2H])c1[2H].[2H]c1[c-]c(-c2ccccn2)cc([2H])c1[2H].[2H]c1[c-]c(-c2ccccn2)cc([2H])c1[2H].[Ir].[Ir].[Ir].[Ir].[c-]1ccccc1-c1ccccn1. The van der Waals surface area contributed by atoms with E-state index in [2.05, 4.69) is 321 Å². The number of aromatic nitrogens is 9. The fourth-order valence-electron chi connectivity index (χ4n) is 19.5. The number of fused-ring (bicyclic) bond motifs is 3.